The number of piperidine rings is 1. The molecule has 2 heterocycles. The summed E-state index contributed by atoms with van der Waals surface area (Å²) in [5.41, 5.74) is -0.156. The van der Waals surface area contributed by atoms with Gasteiger partial charge in [0.2, 0.25) is 17.7 Å². The average Bonchev–Trinajstić information content (AvgIpc) is 3.49. The zero-order valence-electron chi connectivity index (χ0n) is 37.1. The van der Waals surface area contributed by atoms with Gasteiger partial charge >= 0.3 is 5.97 Å². The topological polar surface area (TPSA) is 231 Å². The number of nitrogens with one attached hydrogen (secondary N) is 2. The lowest BCUT2D eigenvalue weighted by Crippen LogP contribution is -2.54. The summed E-state index contributed by atoms with van der Waals surface area (Å²) in [6, 6.07) is 3.52. The van der Waals surface area contributed by atoms with Crippen molar-refractivity contribution in [3.05, 3.63) is 29.3 Å². The third-order valence-electron chi connectivity index (χ3n) is 8.92. The number of ether oxygens (including phenoxy) is 11. The van der Waals surface area contributed by atoms with Crippen molar-refractivity contribution >= 4 is 41.2 Å². The quantitative estimate of drug-likeness (QED) is 0.0553. The van der Waals surface area contributed by atoms with E-state index in [-0.39, 0.29) is 48.6 Å². The first-order chi connectivity index (χ1) is 30.5. The average molecular weight is 898 g/mol. The van der Waals surface area contributed by atoms with Gasteiger partial charge in [-0.1, -0.05) is 12.5 Å². The molecule has 2 aliphatic heterocycles. The summed E-state index contributed by atoms with van der Waals surface area (Å²) in [6.07, 6.45) is 2.42. The number of amides is 5. The number of hydrogen-bond acceptors (Lipinski definition) is 17. The molecule has 356 valence electrons. The fourth-order valence-electron chi connectivity index (χ4n) is 6.00. The minimum atomic E-state index is -1.08. The molecule has 0 spiro atoms. The Morgan fingerprint density at radius 1 is 0.619 bits per heavy atom. The predicted molar refractivity (Wildman–Crippen MR) is 224 cm³/mol. The molecule has 5 amide bonds. The highest BCUT2D eigenvalue weighted by molar-refractivity contribution is 6.26. The highest BCUT2D eigenvalue weighted by Crippen LogP contribution is 2.32. The summed E-state index contributed by atoms with van der Waals surface area (Å²) in [4.78, 5) is 75.1. The Hall–Kier alpha value is -3.96. The van der Waals surface area contributed by atoms with E-state index in [4.69, 9.17) is 52.1 Å². The highest BCUT2D eigenvalue weighted by Gasteiger charge is 2.45. The lowest BCUT2D eigenvalue weighted by Gasteiger charge is -2.27. The first-order valence-electron chi connectivity index (χ1n) is 21.6. The van der Waals surface area contributed by atoms with Gasteiger partial charge in [0, 0.05) is 19.4 Å². The van der Waals surface area contributed by atoms with E-state index in [0.29, 0.717) is 132 Å². The van der Waals surface area contributed by atoms with E-state index in [1.54, 1.807) is 32.9 Å². The second-order valence-corrected chi connectivity index (χ2v) is 15.2. The summed E-state index contributed by atoms with van der Waals surface area (Å²) in [5, 5.41) is 4.90. The van der Waals surface area contributed by atoms with Gasteiger partial charge in [-0.2, -0.15) is 0 Å². The summed E-state index contributed by atoms with van der Waals surface area (Å²) >= 11 is 0. The van der Waals surface area contributed by atoms with Crippen LogP contribution in [0.25, 0.3) is 0 Å². The second-order valence-electron chi connectivity index (χ2n) is 15.2. The van der Waals surface area contributed by atoms with E-state index in [0.717, 1.165) is 17.7 Å². The van der Waals surface area contributed by atoms with Gasteiger partial charge in [-0.25, -0.2) is 4.79 Å². The molecule has 3 rings (SSSR count). The van der Waals surface area contributed by atoms with Crippen molar-refractivity contribution in [2.24, 2.45) is 0 Å². The van der Waals surface area contributed by atoms with Crippen LogP contribution in [-0.2, 0) is 71.3 Å². The van der Waals surface area contributed by atoms with Crippen molar-refractivity contribution in [2.45, 2.75) is 70.9 Å². The number of fused-ring (bicyclic) bond motifs is 1. The minimum absolute atomic E-state index is 0.0247. The Morgan fingerprint density at radius 2 is 1.08 bits per heavy atom. The fraction of sp³-hybridized carbons (Fsp3) is 0.721. The lowest BCUT2D eigenvalue weighted by atomic mass is 10.0. The predicted octanol–water partition coefficient (Wildman–Crippen LogP) is 2.09. The molecule has 0 saturated carbocycles. The van der Waals surface area contributed by atoms with Crippen LogP contribution in [-0.4, -0.2) is 184 Å². The molecule has 0 aliphatic carbocycles. The van der Waals surface area contributed by atoms with Gasteiger partial charge in [-0.15, -0.1) is 0 Å². The minimum Gasteiger partial charge on any atom is -0.458 e. The molecule has 1 unspecified atom stereocenters. The largest absolute Gasteiger partial charge is 0.458 e. The number of hydrogen-bond donors (Lipinski definition) is 2. The number of rotatable bonds is 37. The maximum Gasteiger partial charge on any atom is 0.332 e. The van der Waals surface area contributed by atoms with E-state index >= 15 is 0 Å². The first kappa shape index (κ1) is 53.4. The molecule has 0 radical (unpaired) electrons. The monoisotopic (exact) mass is 897 g/mol. The van der Waals surface area contributed by atoms with Crippen LogP contribution in [0.1, 0.15) is 80.0 Å². The molecule has 63 heavy (non-hydrogen) atoms. The first-order valence-corrected chi connectivity index (χ1v) is 21.6. The number of esters is 1. The van der Waals surface area contributed by atoms with Crippen LogP contribution in [0.15, 0.2) is 18.2 Å². The number of unbranched alkanes of at least 4 members (excludes halogenated alkanes) is 2. The van der Waals surface area contributed by atoms with Crippen molar-refractivity contribution in [3.8, 4) is 0 Å². The van der Waals surface area contributed by atoms with E-state index < -0.39 is 41.2 Å². The molecule has 1 aromatic rings. The number of carbonyl (C=O) groups excluding carboxylic acids is 6. The summed E-state index contributed by atoms with van der Waals surface area (Å²) in [5.74, 6) is -3.13. The maximum atomic E-state index is 13.2. The maximum absolute atomic E-state index is 13.2. The number of carbonyl (C=O) groups is 6. The van der Waals surface area contributed by atoms with E-state index in [1.807, 2.05) is 0 Å². The molecular formula is C43H67N3O17. The molecule has 1 aromatic carbocycles. The van der Waals surface area contributed by atoms with E-state index in [1.165, 1.54) is 6.07 Å². The fourth-order valence-corrected chi connectivity index (χ4v) is 6.00. The van der Waals surface area contributed by atoms with Crippen LogP contribution < -0.4 is 10.6 Å². The molecule has 0 aromatic heterocycles. The zero-order valence-corrected chi connectivity index (χ0v) is 37.1. The van der Waals surface area contributed by atoms with Gasteiger partial charge in [-0.05, 0) is 52.2 Å². The molecule has 2 aliphatic rings. The smallest absolute Gasteiger partial charge is 0.332 e. The van der Waals surface area contributed by atoms with Crippen molar-refractivity contribution in [1.82, 2.24) is 10.2 Å². The zero-order chi connectivity index (χ0) is 45.5. The van der Waals surface area contributed by atoms with Crippen molar-refractivity contribution in [1.29, 1.82) is 0 Å². The van der Waals surface area contributed by atoms with Gasteiger partial charge in [-0.3, -0.25) is 34.2 Å². The molecule has 20 heteroatoms. The van der Waals surface area contributed by atoms with Gasteiger partial charge < -0.3 is 57.4 Å². The van der Waals surface area contributed by atoms with Crippen LogP contribution >= 0.6 is 0 Å². The summed E-state index contributed by atoms with van der Waals surface area (Å²) in [6.45, 7) is 13.7. The number of nitrogens with zero attached hydrogens (tertiary/aromatic N) is 1. The van der Waals surface area contributed by atoms with Crippen LogP contribution in [0.4, 0.5) is 5.69 Å². The SMILES string of the molecule is CC(C)(C)OC(=O)COCCOCCOCCOCCOCCOCCOCCOCCOCCOCCCCCC(=O)Nc1cccc2c1C(=O)N(C1CCC(=O)NC1=O)C2=O. The molecule has 1 fully saturated rings. The van der Waals surface area contributed by atoms with Gasteiger partial charge in [0.25, 0.3) is 11.8 Å². The van der Waals surface area contributed by atoms with Crippen LogP contribution in [0, 0.1) is 0 Å². The molecule has 0 bridgehead atoms. The molecular weight excluding hydrogens is 830 g/mol. The molecule has 20 nitrogen and oxygen atoms in total. The number of benzene rings is 1. The van der Waals surface area contributed by atoms with Gasteiger partial charge in [0.15, 0.2) is 0 Å². The van der Waals surface area contributed by atoms with Crippen LogP contribution in [0.5, 0.6) is 0 Å². The van der Waals surface area contributed by atoms with Gasteiger partial charge in [0.05, 0.1) is 136 Å². The number of anilines is 1. The Labute approximate surface area is 369 Å². The molecule has 1 saturated heterocycles. The van der Waals surface area contributed by atoms with Crippen molar-refractivity contribution < 1.29 is 80.9 Å². The highest BCUT2D eigenvalue weighted by atomic mass is 16.6. The van der Waals surface area contributed by atoms with E-state index in [2.05, 4.69) is 10.6 Å². The van der Waals surface area contributed by atoms with Crippen LogP contribution in [0.3, 0.4) is 0 Å². The van der Waals surface area contributed by atoms with Crippen LogP contribution in [0.2, 0.25) is 0 Å². The Balaban J connectivity index is 0.993. The summed E-state index contributed by atoms with van der Waals surface area (Å²) in [7, 11) is 0. The second kappa shape index (κ2) is 31.8. The summed E-state index contributed by atoms with van der Waals surface area (Å²) < 4.78 is 59.8. The third-order valence-corrected chi connectivity index (χ3v) is 8.92. The molecule has 2 N–H and O–H groups in total. The Kier molecular flexibility index (Phi) is 27.0. The van der Waals surface area contributed by atoms with E-state index in [9.17, 15) is 28.8 Å². The third kappa shape index (κ3) is 23.0. The van der Waals surface area contributed by atoms with Crippen molar-refractivity contribution in [3.63, 3.8) is 0 Å². The Bertz CT molecular complexity index is 1540. The Morgan fingerprint density at radius 3 is 1.54 bits per heavy atom. The standard InChI is InChI=1S/C43H67N3O17/c1-43(2,3)63-38(49)32-62-31-30-61-29-28-60-27-26-59-25-24-58-23-22-57-21-20-56-19-18-55-17-16-54-15-14-53-13-6-4-5-10-36(47)44-34-9-7-8-33-39(34)42(52)46(41(33)51)35-11-12-37(48)45-40(35)50/h7-9,35H,4-6,10-32H2,1-3H3,(H,44,47)(H,45,48,50). The number of imide groups is 2. The lowest BCUT2D eigenvalue weighted by molar-refractivity contribution is -0.160. The van der Waals surface area contributed by atoms with Gasteiger partial charge in [0.1, 0.15) is 18.2 Å². The molecule has 1 atom stereocenters. The normalized spacial score (nSPS) is 15.2. The van der Waals surface area contributed by atoms with Crippen molar-refractivity contribution in [2.75, 3.05) is 137 Å².